The van der Waals surface area contributed by atoms with Crippen LogP contribution in [0.1, 0.15) is 45.5 Å². The summed E-state index contributed by atoms with van der Waals surface area (Å²) in [5, 5.41) is 3.10. The van der Waals surface area contributed by atoms with Gasteiger partial charge < -0.3 is 15.8 Å². The van der Waals surface area contributed by atoms with E-state index in [0.717, 1.165) is 12.8 Å². The molecule has 0 bridgehead atoms. The van der Waals surface area contributed by atoms with Crippen molar-refractivity contribution in [3.63, 3.8) is 0 Å². The lowest BCUT2D eigenvalue weighted by Crippen LogP contribution is -2.45. The molecule has 0 unspecified atom stereocenters. The molecule has 0 aromatic heterocycles. The molecule has 1 fully saturated rings. The fraction of sp³-hybridized carbons (Fsp3) is 0.200. The van der Waals surface area contributed by atoms with Gasteiger partial charge in [-0.3, -0.25) is 9.59 Å². The second kappa shape index (κ2) is 8.41. The van der Waals surface area contributed by atoms with Gasteiger partial charge in [-0.1, -0.05) is 36.8 Å². The van der Waals surface area contributed by atoms with Crippen LogP contribution < -0.4 is 15.8 Å². The van der Waals surface area contributed by atoms with E-state index in [0.29, 0.717) is 29.2 Å². The van der Waals surface area contributed by atoms with Gasteiger partial charge in [0.05, 0.1) is 0 Å². The minimum absolute atomic E-state index is 0.0526. The first-order valence-corrected chi connectivity index (χ1v) is 10.1. The van der Waals surface area contributed by atoms with Gasteiger partial charge in [0.25, 0.3) is 5.91 Å². The van der Waals surface area contributed by atoms with E-state index >= 15 is 0 Å². The predicted molar refractivity (Wildman–Crippen MR) is 116 cm³/mol. The van der Waals surface area contributed by atoms with Gasteiger partial charge in [0, 0.05) is 23.1 Å². The van der Waals surface area contributed by atoms with E-state index in [4.69, 9.17) is 10.5 Å². The van der Waals surface area contributed by atoms with Gasteiger partial charge >= 0.3 is 0 Å². The minimum atomic E-state index is -0.479. The summed E-state index contributed by atoms with van der Waals surface area (Å²) in [5.74, 6) is 0.632. The molecular formula is C25H24N2O3. The number of benzene rings is 3. The number of hydrogen-bond donors (Lipinski definition) is 2. The quantitative estimate of drug-likeness (QED) is 0.616. The van der Waals surface area contributed by atoms with Crippen molar-refractivity contribution in [1.82, 2.24) is 5.32 Å². The summed E-state index contributed by atoms with van der Waals surface area (Å²) in [6, 6.07) is 24.0. The van der Waals surface area contributed by atoms with E-state index < -0.39 is 5.91 Å². The number of nitrogens with one attached hydrogen (secondary N) is 1. The lowest BCUT2D eigenvalue weighted by Gasteiger charge is -2.42. The topological polar surface area (TPSA) is 81.4 Å². The van der Waals surface area contributed by atoms with E-state index in [2.05, 4.69) is 29.6 Å². The number of carbonyl (C=O) groups excluding carboxylic acids is 2. The Morgan fingerprint density at radius 1 is 0.833 bits per heavy atom. The second-order valence-corrected chi connectivity index (χ2v) is 7.70. The van der Waals surface area contributed by atoms with Crippen LogP contribution in [-0.4, -0.2) is 18.4 Å². The molecule has 0 atom stereocenters. The van der Waals surface area contributed by atoms with Gasteiger partial charge in [-0.25, -0.2) is 0 Å². The highest BCUT2D eigenvalue weighted by Crippen LogP contribution is 2.43. The Morgan fingerprint density at radius 2 is 1.40 bits per heavy atom. The zero-order chi connectivity index (χ0) is 21.0. The molecular weight excluding hydrogens is 376 g/mol. The minimum Gasteiger partial charge on any atom is -0.457 e. The maximum atomic E-state index is 12.6. The molecule has 2 amide bonds. The molecule has 5 heteroatoms. The van der Waals surface area contributed by atoms with Gasteiger partial charge in [-0.05, 0) is 66.9 Å². The largest absolute Gasteiger partial charge is 0.457 e. The summed E-state index contributed by atoms with van der Waals surface area (Å²) in [5.41, 5.74) is 7.60. The molecule has 1 aliphatic rings. The summed E-state index contributed by atoms with van der Waals surface area (Å²) in [6.07, 6.45) is 3.38. The third-order valence-electron chi connectivity index (χ3n) is 5.78. The smallest absolute Gasteiger partial charge is 0.251 e. The molecule has 3 aromatic rings. The van der Waals surface area contributed by atoms with Crippen LogP contribution in [0.2, 0.25) is 0 Å². The summed E-state index contributed by atoms with van der Waals surface area (Å²) in [4.78, 5) is 23.8. The van der Waals surface area contributed by atoms with Crippen molar-refractivity contribution in [3.8, 4) is 11.5 Å². The van der Waals surface area contributed by atoms with Gasteiger partial charge in [0.1, 0.15) is 11.5 Å². The molecule has 0 heterocycles. The highest BCUT2D eigenvalue weighted by atomic mass is 16.5. The molecule has 0 radical (unpaired) electrons. The molecule has 0 aliphatic heterocycles. The van der Waals surface area contributed by atoms with Crippen molar-refractivity contribution in [2.75, 3.05) is 6.54 Å². The lowest BCUT2D eigenvalue weighted by atomic mass is 9.64. The highest BCUT2D eigenvalue weighted by molar-refractivity contribution is 5.94. The number of ether oxygens (including phenoxy) is 1. The summed E-state index contributed by atoms with van der Waals surface area (Å²) in [7, 11) is 0. The molecule has 5 nitrogen and oxygen atoms in total. The van der Waals surface area contributed by atoms with Gasteiger partial charge in [0.15, 0.2) is 0 Å². The molecule has 0 spiro atoms. The Labute approximate surface area is 175 Å². The Hall–Kier alpha value is -3.60. The SMILES string of the molecule is NC(=O)c1ccc(Oc2ccc(C(=O)NCC3(c4ccccc4)CCC3)cc2)cc1. The van der Waals surface area contributed by atoms with E-state index in [1.807, 2.05) is 6.07 Å². The maximum absolute atomic E-state index is 12.6. The monoisotopic (exact) mass is 400 g/mol. The second-order valence-electron chi connectivity index (χ2n) is 7.70. The molecule has 152 valence electrons. The van der Waals surface area contributed by atoms with Crippen molar-refractivity contribution in [3.05, 3.63) is 95.6 Å². The number of rotatable bonds is 7. The standard InChI is InChI=1S/C25H24N2O3/c26-23(28)18-7-11-21(12-8-18)30-22-13-9-19(10-14-22)24(29)27-17-25(15-4-16-25)20-5-2-1-3-6-20/h1-3,5-14H,4,15-17H2,(H2,26,28)(H,27,29). The van der Waals surface area contributed by atoms with Gasteiger partial charge in [0.2, 0.25) is 5.91 Å². The summed E-state index contributed by atoms with van der Waals surface area (Å²) in [6.45, 7) is 0.639. The molecule has 3 aromatic carbocycles. The van der Waals surface area contributed by atoms with E-state index in [9.17, 15) is 9.59 Å². The predicted octanol–water partition coefficient (Wildman–Crippen LogP) is 4.43. The number of hydrogen-bond acceptors (Lipinski definition) is 3. The van der Waals surface area contributed by atoms with E-state index in [-0.39, 0.29) is 11.3 Å². The summed E-state index contributed by atoms with van der Waals surface area (Å²) >= 11 is 0. The third-order valence-corrected chi connectivity index (χ3v) is 5.78. The van der Waals surface area contributed by atoms with Crippen molar-refractivity contribution in [2.45, 2.75) is 24.7 Å². The Bertz CT molecular complexity index is 1020. The molecule has 1 aliphatic carbocycles. The first-order chi connectivity index (χ1) is 14.6. The molecule has 4 rings (SSSR count). The van der Waals surface area contributed by atoms with E-state index in [1.54, 1.807) is 48.5 Å². The Balaban J connectivity index is 1.36. The normalized spacial score (nSPS) is 14.4. The fourth-order valence-corrected chi connectivity index (χ4v) is 3.81. The van der Waals surface area contributed by atoms with Crippen LogP contribution in [0.25, 0.3) is 0 Å². The van der Waals surface area contributed by atoms with Crippen LogP contribution in [0.15, 0.2) is 78.9 Å². The molecule has 0 saturated heterocycles. The van der Waals surface area contributed by atoms with Crippen LogP contribution in [0, 0.1) is 0 Å². The highest BCUT2D eigenvalue weighted by Gasteiger charge is 2.38. The number of carbonyl (C=O) groups is 2. The van der Waals surface area contributed by atoms with Crippen molar-refractivity contribution >= 4 is 11.8 Å². The maximum Gasteiger partial charge on any atom is 0.251 e. The van der Waals surface area contributed by atoms with Gasteiger partial charge in [-0.15, -0.1) is 0 Å². The molecule has 30 heavy (non-hydrogen) atoms. The van der Waals surface area contributed by atoms with Crippen molar-refractivity contribution < 1.29 is 14.3 Å². The van der Waals surface area contributed by atoms with Crippen LogP contribution in [0.3, 0.4) is 0 Å². The third kappa shape index (κ3) is 4.20. The zero-order valence-corrected chi connectivity index (χ0v) is 16.6. The summed E-state index contributed by atoms with van der Waals surface area (Å²) < 4.78 is 5.76. The van der Waals surface area contributed by atoms with Crippen LogP contribution in [-0.2, 0) is 5.41 Å². The first-order valence-electron chi connectivity index (χ1n) is 10.1. The fourth-order valence-electron chi connectivity index (χ4n) is 3.81. The van der Waals surface area contributed by atoms with Crippen molar-refractivity contribution in [1.29, 1.82) is 0 Å². The number of nitrogens with two attached hydrogens (primary N) is 1. The molecule has 1 saturated carbocycles. The van der Waals surface area contributed by atoms with Crippen LogP contribution in [0.5, 0.6) is 11.5 Å². The van der Waals surface area contributed by atoms with Crippen molar-refractivity contribution in [2.24, 2.45) is 5.73 Å². The first kappa shape index (κ1) is 19.7. The zero-order valence-electron chi connectivity index (χ0n) is 16.6. The number of primary amides is 1. The van der Waals surface area contributed by atoms with Crippen LogP contribution >= 0.6 is 0 Å². The van der Waals surface area contributed by atoms with Gasteiger partial charge in [-0.2, -0.15) is 0 Å². The average Bonchev–Trinajstić information content (AvgIpc) is 2.74. The van der Waals surface area contributed by atoms with E-state index in [1.165, 1.54) is 12.0 Å². The number of amides is 2. The lowest BCUT2D eigenvalue weighted by molar-refractivity contribution is 0.0927. The van der Waals surface area contributed by atoms with Crippen LogP contribution in [0.4, 0.5) is 0 Å². The Morgan fingerprint density at radius 3 is 1.90 bits per heavy atom. The Kier molecular flexibility index (Phi) is 5.53. The average molecular weight is 400 g/mol. The molecule has 3 N–H and O–H groups in total.